The van der Waals surface area contributed by atoms with E-state index in [0.29, 0.717) is 13.2 Å². The zero-order valence-corrected chi connectivity index (χ0v) is 13.5. The standard InChI is InChI=1S/C18H23N3O2/c1-21(2)13-17(16-11-7-4-8-12-16)19-18(22)20-23-14-15-9-5-3-6-10-15/h3-12,17H,13-14H2,1-2H3,(H2,19,20,22). The molecule has 0 bridgehead atoms. The van der Waals surface area contributed by atoms with Crippen LogP contribution in [0.25, 0.3) is 0 Å². The van der Waals surface area contributed by atoms with Crippen LogP contribution >= 0.6 is 0 Å². The van der Waals surface area contributed by atoms with Crippen molar-refractivity contribution in [2.45, 2.75) is 12.6 Å². The quantitative estimate of drug-likeness (QED) is 0.773. The molecule has 0 aliphatic rings. The fraction of sp³-hybridized carbons (Fsp3) is 0.278. The summed E-state index contributed by atoms with van der Waals surface area (Å²) in [7, 11) is 3.95. The largest absolute Gasteiger partial charge is 0.339 e. The number of benzene rings is 2. The van der Waals surface area contributed by atoms with Gasteiger partial charge in [0.1, 0.15) is 0 Å². The van der Waals surface area contributed by atoms with Gasteiger partial charge in [0.25, 0.3) is 0 Å². The Labute approximate surface area is 137 Å². The zero-order valence-electron chi connectivity index (χ0n) is 13.5. The molecule has 0 fully saturated rings. The molecule has 0 saturated heterocycles. The number of hydrogen-bond donors (Lipinski definition) is 2. The van der Waals surface area contributed by atoms with E-state index < -0.39 is 0 Å². The minimum atomic E-state index is -0.350. The van der Waals surface area contributed by atoms with Gasteiger partial charge in [0, 0.05) is 6.54 Å². The molecule has 2 amide bonds. The van der Waals surface area contributed by atoms with Crippen molar-refractivity contribution in [2.24, 2.45) is 0 Å². The van der Waals surface area contributed by atoms with Crippen LogP contribution < -0.4 is 10.8 Å². The minimum Gasteiger partial charge on any atom is -0.328 e. The summed E-state index contributed by atoms with van der Waals surface area (Å²) in [6.07, 6.45) is 0. The van der Waals surface area contributed by atoms with Crippen LogP contribution in [-0.4, -0.2) is 31.6 Å². The van der Waals surface area contributed by atoms with Crippen molar-refractivity contribution >= 4 is 6.03 Å². The first kappa shape index (κ1) is 17.0. The van der Waals surface area contributed by atoms with Gasteiger partial charge in [-0.15, -0.1) is 0 Å². The number of nitrogens with one attached hydrogen (secondary N) is 2. The molecular formula is C18H23N3O2. The third-order valence-electron chi connectivity index (χ3n) is 3.30. The highest BCUT2D eigenvalue weighted by Crippen LogP contribution is 2.13. The Bertz CT molecular complexity index is 588. The number of urea groups is 1. The van der Waals surface area contributed by atoms with Gasteiger partial charge < -0.3 is 10.2 Å². The van der Waals surface area contributed by atoms with Crippen molar-refractivity contribution < 1.29 is 9.63 Å². The summed E-state index contributed by atoms with van der Waals surface area (Å²) in [5.41, 5.74) is 4.49. The predicted molar refractivity (Wildman–Crippen MR) is 90.6 cm³/mol. The summed E-state index contributed by atoms with van der Waals surface area (Å²) in [5.74, 6) is 0. The third kappa shape index (κ3) is 6.10. The lowest BCUT2D eigenvalue weighted by molar-refractivity contribution is 0.0478. The molecule has 2 aromatic rings. The van der Waals surface area contributed by atoms with Crippen LogP contribution in [0.1, 0.15) is 17.2 Å². The Morgan fingerprint density at radius 1 is 1.04 bits per heavy atom. The zero-order chi connectivity index (χ0) is 16.5. The van der Waals surface area contributed by atoms with E-state index >= 15 is 0 Å². The fourth-order valence-electron chi connectivity index (χ4n) is 2.23. The molecule has 2 N–H and O–H groups in total. The van der Waals surface area contributed by atoms with Gasteiger partial charge in [-0.3, -0.25) is 4.84 Å². The van der Waals surface area contributed by atoms with E-state index in [-0.39, 0.29) is 12.1 Å². The molecule has 0 radical (unpaired) electrons. The van der Waals surface area contributed by atoms with Crippen molar-refractivity contribution in [2.75, 3.05) is 20.6 Å². The van der Waals surface area contributed by atoms with Crippen molar-refractivity contribution in [3.8, 4) is 0 Å². The summed E-state index contributed by atoms with van der Waals surface area (Å²) in [6.45, 7) is 1.04. The molecule has 5 nitrogen and oxygen atoms in total. The molecule has 0 aliphatic carbocycles. The second-order valence-electron chi connectivity index (χ2n) is 5.58. The average molecular weight is 313 g/mol. The van der Waals surface area contributed by atoms with Crippen molar-refractivity contribution in [1.82, 2.24) is 15.7 Å². The maximum Gasteiger partial charge on any atom is 0.339 e. The highest BCUT2D eigenvalue weighted by Gasteiger charge is 2.15. The van der Waals surface area contributed by atoms with Crippen LogP contribution in [0.15, 0.2) is 60.7 Å². The van der Waals surface area contributed by atoms with Crippen LogP contribution in [0.4, 0.5) is 4.79 Å². The molecule has 23 heavy (non-hydrogen) atoms. The molecule has 0 saturated carbocycles. The van der Waals surface area contributed by atoms with Crippen LogP contribution in [0.2, 0.25) is 0 Å². The van der Waals surface area contributed by atoms with Crippen molar-refractivity contribution in [1.29, 1.82) is 0 Å². The molecule has 0 aliphatic heterocycles. The molecule has 0 heterocycles. The van der Waals surface area contributed by atoms with Gasteiger partial charge in [0.05, 0.1) is 12.6 Å². The summed E-state index contributed by atoms with van der Waals surface area (Å²) < 4.78 is 0. The van der Waals surface area contributed by atoms with Crippen LogP contribution in [0, 0.1) is 0 Å². The minimum absolute atomic E-state index is 0.105. The highest BCUT2D eigenvalue weighted by atomic mass is 16.7. The van der Waals surface area contributed by atoms with Gasteiger partial charge in [-0.05, 0) is 25.2 Å². The first-order valence-electron chi connectivity index (χ1n) is 7.57. The summed E-state index contributed by atoms with van der Waals surface area (Å²) >= 11 is 0. The molecular weight excluding hydrogens is 290 g/mol. The smallest absolute Gasteiger partial charge is 0.328 e. The van der Waals surface area contributed by atoms with E-state index in [9.17, 15) is 4.79 Å². The Hall–Kier alpha value is -2.37. The Morgan fingerprint density at radius 3 is 2.26 bits per heavy atom. The van der Waals surface area contributed by atoms with E-state index in [2.05, 4.69) is 10.8 Å². The number of carbonyl (C=O) groups excluding carboxylic acids is 1. The monoisotopic (exact) mass is 313 g/mol. The molecule has 0 spiro atoms. The SMILES string of the molecule is CN(C)CC(NC(=O)NOCc1ccccc1)c1ccccc1. The summed E-state index contributed by atoms with van der Waals surface area (Å²) in [5, 5.41) is 2.93. The predicted octanol–water partition coefficient (Wildman–Crippen LogP) is 2.72. The Morgan fingerprint density at radius 2 is 1.65 bits per heavy atom. The van der Waals surface area contributed by atoms with Gasteiger partial charge in [0.15, 0.2) is 0 Å². The Kier molecular flexibility index (Phi) is 6.59. The normalized spacial score (nSPS) is 12.0. The number of carbonyl (C=O) groups is 1. The van der Waals surface area contributed by atoms with Gasteiger partial charge in [0.2, 0.25) is 0 Å². The molecule has 2 aromatic carbocycles. The molecule has 1 atom stereocenters. The topological polar surface area (TPSA) is 53.6 Å². The fourth-order valence-corrected chi connectivity index (χ4v) is 2.23. The molecule has 0 aromatic heterocycles. The Balaban J connectivity index is 1.85. The van der Waals surface area contributed by atoms with Crippen LogP contribution in [-0.2, 0) is 11.4 Å². The molecule has 122 valence electrons. The van der Waals surface area contributed by atoms with E-state index in [1.54, 1.807) is 0 Å². The van der Waals surface area contributed by atoms with Crippen LogP contribution in [0.5, 0.6) is 0 Å². The van der Waals surface area contributed by atoms with Gasteiger partial charge >= 0.3 is 6.03 Å². The van der Waals surface area contributed by atoms with Crippen LogP contribution in [0.3, 0.4) is 0 Å². The number of amides is 2. The van der Waals surface area contributed by atoms with Crippen molar-refractivity contribution in [3.05, 3.63) is 71.8 Å². The summed E-state index contributed by atoms with van der Waals surface area (Å²) in [6, 6.07) is 19.1. The average Bonchev–Trinajstić information content (AvgIpc) is 2.56. The van der Waals surface area contributed by atoms with E-state index in [4.69, 9.17) is 4.84 Å². The van der Waals surface area contributed by atoms with E-state index in [1.165, 1.54) is 0 Å². The van der Waals surface area contributed by atoms with Crippen molar-refractivity contribution in [3.63, 3.8) is 0 Å². The van der Waals surface area contributed by atoms with Gasteiger partial charge in [-0.1, -0.05) is 60.7 Å². The van der Waals surface area contributed by atoms with E-state index in [0.717, 1.165) is 11.1 Å². The highest BCUT2D eigenvalue weighted by molar-refractivity contribution is 5.73. The van der Waals surface area contributed by atoms with E-state index in [1.807, 2.05) is 79.7 Å². The number of hydrogen-bond acceptors (Lipinski definition) is 3. The summed E-state index contributed by atoms with van der Waals surface area (Å²) in [4.78, 5) is 19.3. The third-order valence-corrected chi connectivity index (χ3v) is 3.30. The lowest BCUT2D eigenvalue weighted by atomic mass is 10.1. The lowest BCUT2D eigenvalue weighted by Gasteiger charge is -2.22. The number of hydroxylamine groups is 1. The maximum atomic E-state index is 12.0. The number of nitrogens with zero attached hydrogens (tertiary/aromatic N) is 1. The van der Waals surface area contributed by atoms with Gasteiger partial charge in [-0.25, -0.2) is 10.3 Å². The maximum absolute atomic E-state index is 12.0. The molecule has 1 unspecified atom stereocenters. The molecule has 5 heteroatoms. The lowest BCUT2D eigenvalue weighted by Crippen LogP contribution is -2.41. The number of rotatable bonds is 7. The van der Waals surface area contributed by atoms with Gasteiger partial charge in [-0.2, -0.15) is 0 Å². The first-order chi connectivity index (χ1) is 11.1. The molecule has 2 rings (SSSR count). The second kappa shape index (κ2) is 8.92. The first-order valence-corrected chi connectivity index (χ1v) is 7.57. The number of likely N-dealkylation sites (N-methyl/N-ethyl adjacent to an activating group) is 1. The second-order valence-corrected chi connectivity index (χ2v) is 5.58.